The van der Waals surface area contributed by atoms with Crippen LogP contribution in [0, 0.1) is 5.92 Å². The van der Waals surface area contributed by atoms with E-state index < -0.39 is 0 Å². The molecule has 0 aliphatic carbocycles. The minimum absolute atomic E-state index is 0.153. The molecule has 0 spiro atoms. The number of piperazine rings is 1. The van der Waals surface area contributed by atoms with Gasteiger partial charge in [-0.1, -0.05) is 0 Å². The molecule has 27 heavy (non-hydrogen) atoms. The highest BCUT2D eigenvalue weighted by Crippen LogP contribution is 2.16. The molecule has 3 heterocycles. The van der Waals surface area contributed by atoms with Crippen molar-refractivity contribution in [2.45, 2.75) is 31.8 Å². The van der Waals surface area contributed by atoms with Gasteiger partial charge in [-0.15, -0.1) is 0 Å². The van der Waals surface area contributed by atoms with E-state index in [1.165, 1.54) is 0 Å². The summed E-state index contributed by atoms with van der Waals surface area (Å²) in [5.74, 6) is 1.63. The maximum absolute atomic E-state index is 12.4. The quantitative estimate of drug-likeness (QED) is 0.389. The van der Waals surface area contributed by atoms with E-state index in [-0.39, 0.29) is 12.0 Å². The highest BCUT2D eigenvalue weighted by atomic mass is 16.5. The number of nitrogens with one attached hydrogen (secondary N) is 1. The zero-order valence-electron chi connectivity index (χ0n) is 16.5. The van der Waals surface area contributed by atoms with Gasteiger partial charge in [0.25, 0.3) is 5.91 Å². The summed E-state index contributed by atoms with van der Waals surface area (Å²) < 4.78 is 16.6. The molecule has 3 rings (SSSR count). The minimum atomic E-state index is -0.218. The van der Waals surface area contributed by atoms with E-state index in [1.807, 2.05) is 11.9 Å². The van der Waals surface area contributed by atoms with E-state index in [4.69, 9.17) is 14.2 Å². The van der Waals surface area contributed by atoms with Crippen molar-refractivity contribution in [3.8, 4) is 0 Å². The van der Waals surface area contributed by atoms with E-state index in [9.17, 15) is 4.79 Å². The molecule has 3 fully saturated rings. The highest BCUT2D eigenvalue weighted by molar-refractivity contribution is 5.82. The summed E-state index contributed by atoms with van der Waals surface area (Å²) >= 11 is 0. The smallest absolute Gasteiger partial charge is 0.251 e. The second-order valence-corrected chi connectivity index (χ2v) is 7.45. The Morgan fingerprint density at radius 2 is 2.00 bits per heavy atom. The van der Waals surface area contributed by atoms with Crippen molar-refractivity contribution in [1.29, 1.82) is 0 Å². The molecular formula is C19H34N4O4. The van der Waals surface area contributed by atoms with Crippen molar-refractivity contribution < 1.29 is 19.0 Å². The van der Waals surface area contributed by atoms with E-state index in [2.05, 4.69) is 15.2 Å². The van der Waals surface area contributed by atoms with E-state index in [0.717, 1.165) is 90.8 Å². The van der Waals surface area contributed by atoms with Crippen LogP contribution < -0.4 is 5.32 Å². The Morgan fingerprint density at radius 1 is 1.19 bits per heavy atom. The van der Waals surface area contributed by atoms with Crippen LogP contribution in [0.2, 0.25) is 0 Å². The van der Waals surface area contributed by atoms with Crippen LogP contribution in [0.3, 0.4) is 0 Å². The number of nitrogens with zero attached hydrogens (tertiary/aromatic N) is 3. The Kier molecular flexibility index (Phi) is 8.16. The molecule has 1 amide bonds. The third kappa shape index (κ3) is 6.05. The third-order valence-corrected chi connectivity index (χ3v) is 5.43. The summed E-state index contributed by atoms with van der Waals surface area (Å²) in [6.07, 6.45) is 3.70. The number of amides is 1. The zero-order valence-corrected chi connectivity index (χ0v) is 16.5. The monoisotopic (exact) mass is 382 g/mol. The van der Waals surface area contributed by atoms with Crippen molar-refractivity contribution >= 4 is 11.9 Å². The SMILES string of the molecule is CN=C(NCCCOCC1CCOC1)N1CCN(C(=O)C2CCCO2)CC1. The lowest BCUT2D eigenvalue weighted by Crippen LogP contribution is -2.55. The number of carbonyl (C=O) groups is 1. The number of carbonyl (C=O) groups excluding carboxylic acids is 1. The van der Waals surface area contributed by atoms with Crippen molar-refractivity contribution in [3.05, 3.63) is 0 Å². The predicted molar refractivity (Wildman–Crippen MR) is 103 cm³/mol. The second kappa shape index (κ2) is 10.8. The molecule has 3 aliphatic heterocycles. The number of guanidine groups is 1. The molecule has 2 unspecified atom stereocenters. The Balaban J connectivity index is 1.28. The van der Waals surface area contributed by atoms with Crippen LogP contribution in [0.25, 0.3) is 0 Å². The molecule has 8 nitrogen and oxygen atoms in total. The van der Waals surface area contributed by atoms with E-state index in [1.54, 1.807) is 0 Å². The lowest BCUT2D eigenvalue weighted by Gasteiger charge is -2.37. The predicted octanol–water partition coefficient (Wildman–Crippen LogP) is 0.328. The molecule has 1 N–H and O–H groups in total. The Labute approximate surface area is 162 Å². The van der Waals surface area contributed by atoms with E-state index >= 15 is 0 Å². The van der Waals surface area contributed by atoms with Gasteiger partial charge in [0.05, 0.1) is 13.2 Å². The maximum Gasteiger partial charge on any atom is 0.251 e. The fourth-order valence-corrected chi connectivity index (χ4v) is 3.79. The zero-order chi connectivity index (χ0) is 18.9. The summed E-state index contributed by atoms with van der Waals surface area (Å²) in [4.78, 5) is 21.0. The number of hydrogen-bond donors (Lipinski definition) is 1. The van der Waals surface area contributed by atoms with Gasteiger partial charge in [-0.05, 0) is 25.7 Å². The van der Waals surface area contributed by atoms with Crippen molar-refractivity contribution in [3.63, 3.8) is 0 Å². The summed E-state index contributed by atoms with van der Waals surface area (Å²) in [7, 11) is 1.81. The molecule has 3 aliphatic rings. The van der Waals surface area contributed by atoms with Crippen molar-refractivity contribution in [2.24, 2.45) is 10.9 Å². The van der Waals surface area contributed by atoms with Gasteiger partial charge >= 0.3 is 0 Å². The van der Waals surface area contributed by atoms with Gasteiger partial charge in [0.1, 0.15) is 6.10 Å². The van der Waals surface area contributed by atoms with Crippen LogP contribution in [0.4, 0.5) is 0 Å². The number of rotatable bonds is 7. The van der Waals surface area contributed by atoms with Crippen LogP contribution in [0.1, 0.15) is 25.7 Å². The minimum Gasteiger partial charge on any atom is -0.381 e. The first-order chi connectivity index (χ1) is 13.3. The van der Waals surface area contributed by atoms with Crippen LogP contribution in [0.15, 0.2) is 4.99 Å². The molecular weight excluding hydrogens is 348 g/mol. The maximum atomic E-state index is 12.4. The van der Waals surface area contributed by atoms with Gasteiger partial charge in [-0.2, -0.15) is 0 Å². The summed E-state index contributed by atoms with van der Waals surface area (Å²) in [6, 6.07) is 0. The number of hydrogen-bond acceptors (Lipinski definition) is 5. The lowest BCUT2D eigenvalue weighted by atomic mass is 10.1. The average molecular weight is 383 g/mol. The van der Waals surface area contributed by atoms with Crippen molar-refractivity contribution in [2.75, 3.05) is 72.8 Å². The highest BCUT2D eigenvalue weighted by Gasteiger charge is 2.30. The largest absolute Gasteiger partial charge is 0.381 e. The molecule has 0 aromatic rings. The van der Waals surface area contributed by atoms with Gasteiger partial charge in [-0.3, -0.25) is 9.79 Å². The topological polar surface area (TPSA) is 75.6 Å². The second-order valence-electron chi connectivity index (χ2n) is 7.45. The van der Waals surface area contributed by atoms with Gasteiger partial charge in [0, 0.05) is 65.5 Å². The van der Waals surface area contributed by atoms with Gasteiger partial charge in [0.2, 0.25) is 0 Å². The summed E-state index contributed by atoms with van der Waals surface area (Å²) in [5, 5.41) is 3.41. The van der Waals surface area contributed by atoms with Crippen LogP contribution in [-0.4, -0.2) is 101 Å². The Morgan fingerprint density at radius 3 is 2.67 bits per heavy atom. The lowest BCUT2D eigenvalue weighted by molar-refractivity contribution is -0.142. The first kappa shape index (κ1) is 20.4. The summed E-state index contributed by atoms with van der Waals surface area (Å²) in [6.45, 7) is 7.88. The Bertz CT molecular complexity index is 482. The number of aliphatic imine (C=N–C) groups is 1. The summed E-state index contributed by atoms with van der Waals surface area (Å²) in [5.41, 5.74) is 0. The van der Waals surface area contributed by atoms with Crippen molar-refractivity contribution in [1.82, 2.24) is 15.1 Å². The first-order valence-electron chi connectivity index (χ1n) is 10.3. The fourth-order valence-electron chi connectivity index (χ4n) is 3.79. The van der Waals surface area contributed by atoms with Crippen LogP contribution >= 0.6 is 0 Å². The van der Waals surface area contributed by atoms with Gasteiger partial charge in [0.15, 0.2) is 5.96 Å². The molecule has 0 radical (unpaired) electrons. The molecule has 2 atom stereocenters. The standard InChI is InChI=1S/C19H34N4O4/c1-20-19(21-6-3-11-25-14-16-5-13-26-15-16)23-9-7-22(8-10-23)18(24)17-4-2-12-27-17/h16-17H,2-15H2,1H3,(H,20,21). The molecule has 154 valence electrons. The fraction of sp³-hybridized carbons (Fsp3) is 0.895. The van der Waals surface area contributed by atoms with E-state index in [0.29, 0.717) is 12.5 Å². The van der Waals surface area contributed by atoms with Gasteiger partial charge in [-0.25, -0.2) is 0 Å². The number of ether oxygens (including phenoxy) is 3. The van der Waals surface area contributed by atoms with Crippen LogP contribution in [-0.2, 0) is 19.0 Å². The average Bonchev–Trinajstić information content (AvgIpc) is 3.41. The molecule has 3 saturated heterocycles. The molecule has 0 aromatic carbocycles. The van der Waals surface area contributed by atoms with Crippen LogP contribution in [0.5, 0.6) is 0 Å². The third-order valence-electron chi connectivity index (χ3n) is 5.43. The molecule has 8 heteroatoms. The Hall–Kier alpha value is -1.38. The first-order valence-corrected chi connectivity index (χ1v) is 10.3. The van der Waals surface area contributed by atoms with Gasteiger partial charge < -0.3 is 29.3 Å². The molecule has 0 aromatic heterocycles. The molecule has 0 saturated carbocycles. The molecule has 0 bridgehead atoms. The normalized spacial score (nSPS) is 26.6.